The van der Waals surface area contributed by atoms with Crippen LogP contribution >= 0.6 is 11.6 Å². The fourth-order valence-corrected chi connectivity index (χ4v) is 2.83. The molecule has 1 aliphatic carbocycles. The molecule has 0 unspecified atom stereocenters. The van der Waals surface area contributed by atoms with Crippen LogP contribution in [-0.4, -0.2) is 18.5 Å². The molecule has 0 heterocycles. The predicted molar refractivity (Wildman–Crippen MR) is 91.9 cm³/mol. The Hall–Kier alpha value is -1.99. The van der Waals surface area contributed by atoms with Gasteiger partial charge < -0.3 is 10.6 Å². The number of carbonyl (C=O) groups excluding carboxylic acids is 1. The van der Waals surface area contributed by atoms with Crippen molar-refractivity contribution in [1.82, 2.24) is 10.6 Å². The zero-order chi connectivity index (χ0) is 16.5. The van der Waals surface area contributed by atoms with Crippen LogP contribution < -0.4 is 10.6 Å². The summed E-state index contributed by atoms with van der Waals surface area (Å²) in [4.78, 5) is 12.1. The standard InChI is InChI=1S/C18H22ClN3O/c19-16-8-6-14(7-9-16)10-11-21-13-15(12-20)18(23)22-17-4-2-1-3-5-17/h6-9,13,17,21H,1-5,10-11H2,(H,22,23)/b15-13-. The molecule has 23 heavy (non-hydrogen) atoms. The number of hydrogen-bond acceptors (Lipinski definition) is 3. The maximum absolute atomic E-state index is 12.1. The van der Waals surface area contributed by atoms with Crippen molar-refractivity contribution < 1.29 is 4.79 Å². The van der Waals surface area contributed by atoms with E-state index in [4.69, 9.17) is 16.9 Å². The minimum atomic E-state index is -0.279. The van der Waals surface area contributed by atoms with Crippen molar-refractivity contribution in [3.05, 3.63) is 46.6 Å². The number of hydrogen-bond donors (Lipinski definition) is 2. The van der Waals surface area contributed by atoms with Gasteiger partial charge in [-0.2, -0.15) is 5.26 Å². The molecule has 122 valence electrons. The molecule has 1 fully saturated rings. The van der Waals surface area contributed by atoms with E-state index in [0.717, 1.165) is 37.7 Å². The van der Waals surface area contributed by atoms with E-state index < -0.39 is 0 Å². The molecule has 2 rings (SSSR count). The van der Waals surface area contributed by atoms with Gasteiger partial charge in [0.2, 0.25) is 0 Å². The summed E-state index contributed by atoms with van der Waals surface area (Å²) in [6.07, 6.45) is 7.86. The third-order valence-corrected chi connectivity index (χ3v) is 4.28. The lowest BCUT2D eigenvalue weighted by Gasteiger charge is -2.22. The van der Waals surface area contributed by atoms with Crippen LogP contribution in [0, 0.1) is 11.3 Å². The van der Waals surface area contributed by atoms with E-state index in [0.29, 0.717) is 11.6 Å². The first-order chi connectivity index (χ1) is 11.2. The van der Waals surface area contributed by atoms with Gasteiger partial charge in [0, 0.05) is 23.8 Å². The second-order valence-electron chi connectivity index (χ2n) is 5.81. The molecule has 0 radical (unpaired) electrons. The van der Waals surface area contributed by atoms with Crippen LogP contribution in [0.2, 0.25) is 5.02 Å². The fourth-order valence-electron chi connectivity index (χ4n) is 2.70. The number of halogens is 1. The lowest BCUT2D eigenvalue weighted by atomic mass is 9.95. The molecule has 0 aliphatic heterocycles. The van der Waals surface area contributed by atoms with Crippen molar-refractivity contribution in [3.8, 4) is 6.07 Å². The first-order valence-electron chi connectivity index (χ1n) is 8.08. The highest BCUT2D eigenvalue weighted by Crippen LogP contribution is 2.17. The van der Waals surface area contributed by atoms with Crippen LogP contribution in [-0.2, 0) is 11.2 Å². The molecule has 5 heteroatoms. The molecule has 2 N–H and O–H groups in total. The van der Waals surface area contributed by atoms with Crippen LogP contribution in [0.4, 0.5) is 0 Å². The Bertz CT molecular complexity index is 583. The molecular formula is C18H22ClN3O. The zero-order valence-electron chi connectivity index (χ0n) is 13.1. The van der Waals surface area contributed by atoms with Gasteiger partial charge in [-0.15, -0.1) is 0 Å². The van der Waals surface area contributed by atoms with E-state index in [9.17, 15) is 4.79 Å². The zero-order valence-corrected chi connectivity index (χ0v) is 13.9. The van der Waals surface area contributed by atoms with Gasteiger partial charge >= 0.3 is 0 Å². The van der Waals surface area contributed by atoms with Crippen molar-refractivity contribution in [1.29, 1.82) is 5.26 Å². The van der Waals surface area contributed by atoms with Crippen molar-refractivity contribution in [2.75, 3.05) is 6.54 Å². The predicted octanol–water partition coefficient (Wildman–Crippen LogP) is 3.33. The minimum Gasteiger partial charge on any atom is -0.389 e. The third kappa shape index (κ3) is 5.96. The Balaban J connectivity index is 1.77. The molecule has 0 spiro atoms. The number of rotatable bonds is 6. The van der Waals surface area contributed by atoms with Crippen molar-refractivity contribution >= 4 is 17.5 Å². The lowest BCUT2D eigenvalue weighted by molar-refractivity contribution is -0.118. The molecule has 0 bridgehead atoms. The van der Waals surface area contributed by atoms with Gasteiger partial charge in [0.1, 0.15) is 11.6 Å². The highest BCUT2D eigenvalue weighted by Gasteiger charge is 2.17. The van der Waals surface area contributed by atoms with Crippen LogP contribution in [0.5, 0.6) is 0 Å². The summed E-state index contributed by atoms with van der Waals surface area (Å²) in [7, 11) is 0. The number of nitrogens with one attached hydrogen (secondary N) is 2. The van der Waals surface area contributed by atoms with Crippen LogP contribution in [0.25, 0.3) is 0 Å². The minimum absolute atomic E-state index is 0.131. The fraction of sp³-hybridized carbons (Fsp3) is 0.444. The van der Waals surface area contributed by atoms with E-state index in [-0.39, 0.29) is 17.5 Å². The average Bonchev–Trinajstić information content (AvgIpc) is 2.57. The van der Waals surface area contributed by atoms with E-state index in [2.05, 4.69) is 10.6 Å². The molecule has 1 aliphatic rings. The van der Waals surface area contributed by atoms with Gasteiger partial charge in [-0.3, -0.25) is 4.79 Å². The summed E-state index contributed by atoms with van der Waals surface area (Å²) >= 11 is 5.84. The van der Waals surface area contributed by atoms with Crippen molar-refractivity contribution in [2.24, 2.45) is 0 Å². The summed E-state index contributed by atoms with van der Waals surface area (Å²) in [6.45, 7) is 0.656. The maximum Gasteiger partial charge on any atom is 0.263 e. The van der Waals surface area contributed by atoms with E-state index in [1.807, 2.05) is 30.3 Å². The van der Waals surface area contributed by atoms with Crippen molar-refractivity contribution in [2.45, 2.75) is 44.6 Å². The van der Waals surface area contributed by atoms with Gasteiger partial charge in [-0.25, -0.2) is 0 Å². The molecule has 1 saturated carbocycles. The summed E-state index contributed by atoms with van der Waals surface area (Å²) in [5.41, 5.74) is 1.28. The van der Waals surface area contributed by atoms with E-state index in [1.165, 1.54) is 12.6 Å². The first kappa shape index (κ1) is 17.4. The smallest absolute Gasteiger partial charge is 0.263 e. The topological polar surface area (TPSA) is 64.9 Å². The van der Waals surface area contributed by atoms with Crippen molar-refractivity contribution in [3.63, 3.8) is 0 Å². The Kier molecular flexibility index (Phi) is 6.96. The number of nitrogens with zero attached hydrogens (tertiary/aromatic N) is 1. The number of benzene rings is 1. The third-order valence-electron chi connectivity index (χ3n) is 4.02. The molecule has 0 aromatic heterocycles. The van der Waals surface area contributed by atoms with Gasteiger partial charge in [0.15, 0.2) is 0 Å². The lowest BCUT2D eigenvalue weighted by Crippen LogP contribution is -2.37. The van der Waals surface area contributed by atoms with Gasteiger partial charge in [0.05, 0.1) is 0 Å². The molecule has 0 saturated heterocycles. The molecule has 1 aromatic rings. The Morgan fingerprint density at radius 2 is 1.96 bits per heavy atom. The second kappa shape index (κ2) is 9.22. The van der Waals surface area contributed by atoms with Gasteiger partial charge in [0.25, 0.3) is 5.91 Å². The molecule has 1 amide bonds. The normalized spacial score (nSPS) is 15.7. The second-order valence-corrected chi connectivity index (χ2v) is 6.25. The average molecular weight is 332 g/mol. The van der Waals surface area contributed by atoms with E-state index in [1.54, 1.807) is 0 Å². The van der Waals surface area contributed by atoms with Gasteiger partial charge in [-0.05, 0) is 37.0 Å². The number of amides is 1. The summed E-state index contributed by atoms with van der Waals surface area (Å²) in [5, 5.41) is 15.8. The first-order valence-corrected chi connectivity index (χ1v) is 8.46. The highest BCUT2D eigenvalue weighted by molar-refractivity contribution is 6.30. The maximum atomic E-state index is 12.1. The SMILES string of the molecule is N#C/C(=C/NCCc1ccc(Cl)cc1)C(=O)NC1CCCCC1. The summed E-state index contributed by atoms with van der Waals surface area (Å²) in [5.74, 6) is -0.279. The Morgan fingerprint density at radius 1 is 1.26 bits per heavy atom. The molecule has 4 nitrogen and oxygen atoms in total. The summed E-state index contributed by atoms with van der Waals surface area (Å²) in [6, 6.07) is 9.82. The molecule has 0 atom stereocenters. The van der Waals surface area contributed by atoms with Crippen LogP contribution in [0.1, 0.15) is 37.7 Å². The Labute approximate surface area is 142 Å². The van der Waals surface area contributed by atoms with Gasteiger partial charge in [-0.1, -0.05) is 43.0 Å². The van der Waals surface area contributed by atoms with E-state index >= 15 is 0 Å². The summed E-state index contributed by atoms with van der Waals surface area (Å²) < 4.78 is 0. The largest absolute Gasteiger partial charge is 0.389 e. The monoisotopic (exact) mass is 331 g/mol. The number of carbonyl (C=O) groups is 1. The Morgan fingerprint density at radius 3 is 2.61 bits per heavy atom. The highest BCUT2D eigenvalue weighted by atomic mass is 35.5. The number of nitriles is 1. The molecule has 1 aromatic carbocycles. The van der Waals surface area contributed by atoms with Crippen LogP contribution in [0.3, 0.4) is 0 Å². The van der Waals surface area contributed by atoms with Crippen LogP contribution in [0.15, 0.2) is 36.0 Å². The molecular weight excluding hydrogens is 310 g/mol. The quantitative estimate of drug-likeness (QED) is 0.477.